The number of nitrogens with zero attached hydrogens (tertiary/aromatic N) is 4. The van der Waals surface area contributed by atoms with Gasteiger partial charge >= 0.3 is 0 Å². The highest BCUT2D eigenvalue weighted by Crippen LogP contribution is 2.38. The van der Waals surface area contributed by atoms with Crippen LogP contribution in [0.1, 0.15) is 0 Å². The van der Waals surface area contributed by atoms with Gasteiger partial charge in [0.05, 0.1) is 5.56 Å². The summed E-state index contributed by atoms with van der Waals surface area (Å²) < 4.78 is 0. The van der Waals surface area contributed by atoms with Crippen molar-refractivity contribution in [3.8, 4) is 22.4 Å². The van der Waals surface area contributed by atoms with Gasteiger partial charge in [-0.1, -0.05) is 23.7 Å². The number of hydrogen-bond donors (Lipinski definition) is 2. The summed E-state index contributed by atoms with van der Waals surface area (Å²) in [5.74, 6) is 1.05. The van der Waals surface area contributed by atoms with Gasteiger partial charge in [-0.2, -0.15) is 5.10 Å². The smallest absolute Gasteiger partial charge is 0.132 e. The summed E-state index contributed by atoms with van der Waals surface area (Å²) in [7, 11) is 0. The Kier molecular flexibility index (Phi) is 5.38. The Morgan fingerprint density at radius 2 is 1.67 bits per heavy atom. The number of H-pyrrole nitrogens is 1. The minimum Gasteiger partial charge on any atom is -0.354 e. The molecule has 0 radical (unpaired) electrons. The molecule has 3 heterocycles. The van der Waals surface area contributed by atoms with E-state index in [1.54, 1.807) is 0 Å². The highest BCUT2D eigenvalue weighted by atomic mass is 35.5. The van der Waals surface area contributed by atoms with E-state index in [4.69, 9.17) is 17.3 Å². The molecule has 0 saturated carbocycles. The predicted octanol–water partition coefficient (Wildman–Crippen LogP) is 2.87. The van der Waals surface area contributed by atoms with Gasteiger partial charge in [0.25, 0.3) is 0 Å². The van der Waals surface area contributed by atoms with Crippen LogP contribution in [0, 0.1) is 0 Å². The Balaban J connectivity index is 1.71. The lowest BCUT2D eigenvalue weighted by Gasteiger charge is -2.35. The van der Waals surface area contributed by atoms with Gasteiger partial charge in [-0.15, -0.1) is 0 Å². The molecule has 3 aromatic rings. The Labute approximate surface area is 164 Å². The number of hydrogen-bond acceptors (Lipinski definition) is 5. The molecule has 3 N–H and O–H groups in total. The van der Waals surface area contributed by atoms with Crippen LogP contribution < -0.4 is 10.6 Å². The van der Waals surface area contributed by atoms with Crippen molar-refractivity contribution in [2.24, 2.45) is 5.73 Å². The van der Waals surface area contributed by atoms with E-state index in [0.29, 0.717) is 6.54 Å². The predicted molar refractivity (Wildman–Crippen MR) is 110 cm³/mol. The molecule has 0 atom stereocenters. The third-order valence-corrected chi connectivity index (χ3v) is 5.22. The fraction of sp³-hybridized carbons (Fsp3) is 0.300. The highest BCUT2D eigenvalue weighted by Gasteiger charge is 2.24. The van der Waals surface area contributed by atoms with E-state index < -0.39 is 0 Å². The molecular weight excluding hydrogens is 360 g/mol. The standard InChI is InChI=1S/C20H23ClN6/c21-17-3-1-16(2-4-17)19-18(15-5-8-23-9-6-15)20(25-24-19)27-13-11-26(10-7-22)12-14-27/h1-6,8-9H,7,10-14,22H2,(H,24,25). The number of anilines is 1. The van der Waals surface area contributed by atoms with Gasteiger partial charge in [-0.3, -0.25) is 15.0 Å². The van der Waals surface area contributed by atoms with Crippen molar-refractivity contribution >= 4 is 17.4 Å². The van der Waals surface area contributed by atoms with Crippen LogP contribution in [0.15, 0.2) is 48.8 Å². The van der Waals surface area contributed by atoms with Crippen LogP contribution in [0.4, 0.5) is 5.82 Å². The van der Waals surface area contributed by atoms with Crippen LogP contribution in [0.3, 0.4) is 0 Å². The van der Waals surface area contributed by atoms with Crippen molar-refractivity contribution in [1.82, 2.24) is 20.1 Å². The number of aromatic nitrogens is 3. The van der Waals surface area contributed by atoms with Gasteiger partial charge in [0.15, 0.2) is 0 Å². The summed E-state index contributed by atoms with van der Waals surface area (Å²) in [6.07, 6.45) is 3.63. The fourth-order valence-corrected chi connectivity index (χ4v) is 3.67. The first-order valence-corrected chi connectivity index (χ1v) is 9.56. The monoisotopic (exact) mass is 382 g/mol. The van der Waals surface area contributed by atoms with E-state index in [-0.39, 0.29) is 0 Å². The van der Waals surface area contributed by atoms with E-state index in [9.17, 15) is 0 Å². The van der Waals surface area contributed by atoms with Gasteiger partial charge in [0.2, 0.25) is 0 Å². The summed E-state index contributed by atoms with van der Waals surface area (Å²) in [5, 5.41) is 8.66. The van der Waals surface area contributed by atoms with Crippen LogP contribution in [0.5, 0.6) is 0 Å². The Morgan fingerprint density at radius 1 is 0.963 bits per heavy atom. The molecule has 1 aliphatic heterocycles. The van der Waals surface area contributed by atoms with Gasteiger partial charge in [0.1, 0.15) is 11.5 Å². The van der Waals surface area contributed by atoms with Crippen molar-refractivity contribution in [3.63, 3.8) is 0 Å². The number of aromatic amines is 1. The lowest BCUT2D eigenvalue weighted by molar-refractivity contribution is 0.264. The number of halogens is 1. The molecule has 0 bridgehead atoms. The van der Waals surface area contributed by atoms with Crippen molar-refractivity contribution in [1.29, 1.82) is 0 Å². The second kappa shape index (κ2) is 8.08. The molecule has 6 nitrogen and oxygen atoms in total. The van der Waals surface area contributed by atoms with Gasteiger partial charge in [-0.25, -0.2) is 0 Å². The maximum absolute atomic E-state index is 6.06. The zero-order valence-corrected chi connectivity index (χ0v) is 15.9. The van der Waals surface area contributed by atoms with E-state index in [1.807, 2.05) is 48.8 Å². The van der Waals surface area contributed by atoms with Crippen LogP contribution in [0.25, 0.3) is 22.4 Å². The van der Waals surface area contributed by atoms with Crippen molar-refractivity contribution in [2.45, 2.75) is 0 Å². The third-order valence-electron chi connectivity index (χ3n) is 4.97. The summed E-state index contributed by atoms with van der Waals surface area (Å²) in [6.45, 7) is 5.54. The molecule has 7 heteroatoms. The molecule has 27 heavy (non-hydrogen) atoms. The summed E-state index contributed by atoms with van der Waals surface area (Å²) in [6, 6.07) is 11.9. The average molecular weight is 383 g/mol. The maximum Gasteiger partial charge on any atom is 0.132 e. The Morgan fingerprint density at radius 3 is 2.33 bits per heavy atom. The SMILES string of the molecule is NCCN1CCN(c2[nH]nc(-c3ccc(Cl)cc3)c2-c2ccncc2)CC1. The summed E-state index contributed by atoms with van der Waals surface area (Å²) in [4.78, 5) is 8.93. The molecule has 1 aromatic carbocycles. The van der Waals surface area contributed by atoms with Crippen molar-refractivity contribution < 1.29 is 0 Å². The zero-order chi connectivity index (χ0) is 18.6. The van der Waals surface area contributed by atoms with Gasteiger partial charge in [-0.05, 0) is 29.8 Å². The average Bonchev–Trinajstić information content (AvgIpc) is 3.15. The van der Waals surface area contributed by atoms with Crippen LogP contribution in [-0.4, -0.2) is 59.3 Å². The lowest BCUT2D eigenvalue weighted by Crippen LogP contribution is -2.48. The van der Waals surface area contributed by atoms with Crippen LogP contribution in [0.2, 0.25) is 5.02 Å². The Hall–Kier alpha value is -2.41. The minimum absolute atomic E-state index is 0.701. The van der Waals surface area contributed by atoms with Crippen LogP contribution in [-0.2, 0) is 0 Å². The topological polar surface area (TPSA) is 74.1 Å². The third kappa shape index (κ3) is 3.83. The van der Waals surface area contributed by atoms with E-state index >= 15 is 0 Å². The van der Waals surface area contributed by atoms with Gasteiger partial charge < -0.3 is 10.6 Å². The van der Waals surface area contributed by atoms with E-state index in [0.717, 1.165) is 65.9 Å². The molecule has 0 unspecified atom stereocenters. The lowest BCUT2D eigenvalue weighted by atomic mass is 10.0. The number of pyridine rings is 1. The number of rotatable bonds is 5. The zero-order valence-electron chi connectivity index (χ0n) is 15.1. The number of nitrogens with one attached hydrogen (secondary N) is 1. The molecule has 4 rings (SSSR count). The second-order valence-electron chi connectivity index (χ2n) is 6.66. The van der Waals surface area contributed by atoms with Gasteiger partial charge in [0, 0.05) is 62.2 Å². The molecule has 140 valence electrons. The van der Waals surface area contributed by atoms with E-state index in [2.05, 4.69) is 25.0 Å². The summed E-state index contributed by atoms with van der Waals surface area (Å²) >= 11 is 6.06. The molecule has 0 amide bonds. The number of nitrogens with two attached hydrogens (primary N) is 1. The van der Waals surface area contributed by atoms with E-state index in [1.165, 1.54) is 0 Å². The molecule has 0 aliphatic carbocycles. The Bertz CT molecular complexity index is 869. The molecule has 2 aromatic heterocycles. The number of benzene rings is 1. The second-order valence-corrected chi connectivity index (χ2v) is 7.09. The van der Waals surface area contributed by atoms with Crippen LogP contribution >= 0.6 is 11.6 Å². The normalized spacial score (nSPS) is 15.3. The first-order valence-electron chi connectivity index (χ1n) is 9.18. The maximum atomic E-state index is 6.06. The van der Waals surface area contributed by atoms with Crippen molar-refractivity contribution in [3.05, 3.63) is 53.8 Å². The first kappa shape index (κ1) is 18.0. The summed E-state index contributed by atoms with van der Waals surface area (Å²) in [5.41, 5.74) is 9.87. The quantitative estimate of drug-likeness (QED) is 0.709. The van der Waals surface area contributed by atoms with Crippen molar-refractivity contribution in [2.75, 3.05) is 44.2 Å². The minimum atomic E-state index is 0.701. The molecule has 1 aliphatic rings. The first-order chi connectivity index (χ1) is 13.3. The largest absolute Gasteiger partial charge is 0.354 e. The molecule has 0 spiro atoms. The molecule has 1 fully saturated rings. The number of piperazine rings is 1. The highest BCUT2D eigenvalue weighted by molar-refractivity contribution is 6.30. The molecular formula is C20H23ClN6. The fourth-order valence-electron chi connectivity index (χ4n) is 3.55. The molecule has 1 saturated heterocycles.